The summed E-state index contributed by atoms with van der Waals surface area (Å²) in [5.41, 5.74) is 1.52. The Morgan fingerprint density at radius 2 is 1.82 bits per heavy atom. The van der Waals surface area contributed by atoms with E-state index in [9.17, 15) is 9.59 Å². The Morgan fingerprint density at radius 3 is 2.52 bits per heavy atom. The highest BCUT2D eigenvalue weighted by Crippen LogP contribution is 2.37. The molecule has 0 aliphatic carbocycles. The van der Waals surface area contributed by atoms with Crippen LogP contribution >= 0.6 is 22.9 Å². The number of carbonyl (C=O) groups excluding carboxylic acids is 1. The largest absolute Gasteiger partial charge is 0.490 e. The number of rotatable bonds is 7. The van der Waals surface area contributed by atoms with Gasteiger partial charge in [-0.2, -0.15) is 0 Å². The number of hydrogen-bond donors (Lipinski definition) is 1. The first kappa shape index (κ1) is 22.5. The molecule has 0 aliphatic rings. The SMILES string of the molecule is CCOc1cc(C=Nc2ccc(C(=O)O)cc2)ccc1OC(=O)c1sc2ccccc2c1Cl. The molecule has 0 amide bonds. The average molecular weight is 480 g/mol. The number of benzene rings is 3. The zero-order valence-electron chi connectivity index (χ0n) is 17.4. The van der Waals surface area contributed by atoms with E-state index in [1.807, 2.05) is 31.2 Å². The number of nitrogens with zero attached hydrogens (tertiary/aromatic N) is 1. The molecule has 0 saturated heterocycles. The van der Waals surface area contributed by atoms with Crippen LogP contribution in [0.2, 0.25) is 5.02 Å². The van der Waals surface area contributed by atoms with Crippen molar-refractivity contribution in [1.82, 2.24) is 0 Å². The molecule has 0 fully saturated rings. The molecule has 1 aromatic heterocycles. The molecule has 0 aliphatic heterocycles. The molecule has 0 atom stereocenters. The van der Waals surface area contributed by atoms with E-state index in [0.29, 0.717) is 27.9 Å². The van der Waals surface area contributed by atoms with Crippen LogP contribution in [0.3, 0.4) is 0 Å². The highest BCUT2D eigenvalue weighted by atomic mass is 35.5. The monoisotopic (exact) mass is 479 g/mol. The molecular formula is C25H18ClNO5S. The minimum atomic E-state index is -0.992. The first-order chi connectivity index (χ1) is 16.0. The van der Waals surface area contributed by atoms with Gasteiger partial charge in [-0.25, -0.2) is 9.59 Å². The van der Waals surface area contributed by atoms with Gasteiger partial charge in [0.1, 0.15) is 4.88 Å². The number of aromatic carboxylic acids is 1. The van der Waals surface area contributed by atoms with Gasteiger partial charge in [0.05, 0.1) is 22.9 Å². The number of carboxylic acids is 1. The fourth-order valence-corrected chi connectivity index (χ4v) is 4.47. The number of aliphatic imine (C=N–C) groups is 1. The summed E-state index contributed by atoms with van der Waals surface area (Å²) >= 11 is 7.68. The number of halogens is 1. The molecule has 166 valence electrons. The van der Waals surface area contributed by atoms with E-state index in [-0.39, 0.29) is 11.3 Å². The van der Waals surface area contributed by atoms with Crippen molar-refractivity contribution < 1.29 is 24.2 Å². The molecule has 0 unspecified atom stereocenters. The molecule has 33 heavy (non-hydrogen) atoms. The molecule has 8 heteroatoms. The second-order valence-electron chi connectivity index (χ2n) is 6.88. The van der Waals surface area contributed by atoms with Gasteiger partial charge in [0.15, 0.2) is 11.5 Å². The summed E-state index contributed by atoms with van der Waals surface area (Å²) in [6.45, 7) is 2.21. The van der Waals surface area contributed by atoms with Crippen LogP contribution in [0.25, 0.3) is 10.1 Å². The lowest BCUT2D eigenvalue weighted by Crippen LogP contribution is -2.08. The average Bonchev–Trinajstić information content (AvgIpc) is 3.16. The van der Waals surface area contributed by atoms with Gasteiger partial charge in [-0.05, 0) is 61.0 Å². The molecule has 4 aromatic rings. The molecule has 1 N–H and O–H groups in total. The summed E-state index contributed by atoms with van der Waals surface area (Å²) in [5, 5.41) is 10.2. The Hall–Kier alpha value is -3.68. The van der Waals surface area contributed by atoms with Gasteiger partial charge >= 0.3 is 11.9 Å². The maximum absolute atomic E-state index is 12.8. The quantitative estimate of drug-likeness (QED) is 0.183. The van der Waals surface area contributed by atoms with E-state index in [1.165, 1.54) is 23.5 Å². The summed E-state index contributed by atoms with van der Waals surface area (Å²) in [4.78, 5) is 28.5. The Labute approximate surface area is 198 Å². The van der Waals surface area contributed by atoms with E-state index in [4.69, 9.17) is 26.2 Å². The predicted molar refractivity (Wildman–Crippen MR) is 130 cm³/mol. The third-order valence-corrected chi connectivity index (χ3v) is 6.32. The topological polar surface area (TPSA) is 85.2 Å². The Kier molecular flexibility index (Phi) is 6.72. The van der Waals surface area contributed by atoms with Crippen LogP contribution in [0.15, 0.2) is 71.7 Å². The highest BCUT2D eigenvalue weighted by Gasteiger charge is 2.20. The van der Waals surface area contributed by atoms with Gasteiger partial charge in [0.25, 0.3) is 0 Å². The second-order valence-corrected chi connectivity index (χ2v) is 8.31. The zero-order valence-corrected chi connectivity index (χ0v) is 19.0. The van der Waals surface area contributed by atoms with Crippen LogP contribution in [0.1, 0.15) is 32.5 Å². The fraction of sp³-hybridized carbons (Fsp3) is 0.0800. The molecule has 0 spiro atoms. The van der Waals surface area contributed by atoms with Gasteiger partial charge in [-0.15, -0.1) is 11.3 Å². The second kappa shape index (κ2) is 9.85. The minimum absolute atomic E-state index is 0.192. The zero-order chi connectivity index (χ0) is 23.4. The molecule has 4 rings (SSSR count). The minimum Gasteiger partial charge on any atom is -0.490 e. The van der Waals surface area contributed by atoms with Gasteiger partial charge in [0, 0.05) is 16.3 Å². The molecule has 1 heterocycles. The van der Waals surface area contributed by atoms with Crippen molar-refractivity contribution in [3.63, 3.8) is 0 Å². The van der Waals surface area contributed by atoms with E-state index in [1.54, 1.807) is 36.5 Å². The molecule has 3 aromatic carbocycles. The van der Waals surface area contributed by atoms with Gasteiger partial charge < -0.3 is 14.6 Å². The number of fused-ring (bicyclic) bond motifs is 1. The van der Waals surface area contributed by atoms with Crippen molar-refractivity contribution in [3.8, 4) is 11.5 Å². The van der Waals surface area contributed by atoms with E-state index < -0.39 is 11.9 Å². The van der Waals surface area contributed by atoms with Crippen LogP contribution in [-0.4, -0.2) is 29.9 Å². The van der Waals surface area contributed by atoms with Gasteiger partial charge in [0.2, 0.25) is 0 Å². The molecule has 0 bridgehead atoms. The summed E-state index contributed by atoms with van der Waals surface area (Å²) in [6, 6.07) is 18.8. The maximum Gasteiger partial charge on any atom is 0.355 e. The van der Waals surface area contributed by atoms with Crippen molar-refractivity contribution in [2.45, 2.75) is 6.92 Å². The first-order valence-electron chi connectivity index (χ1n) is 9.99. The van der Waals surface area contributed by atoms with Crippen LogP contribution in [0.5, 0.6) is 11.5 Å². The van der Waals surface area contributed by atoms with Gasteiger partial charge in [-0.1, -0.05) is 29.8 Å². The number of ether oxygens (including phenoxy) is 2. The smallest absolute Gasteiger partial charge is 0.355 e. The fourth-order valence-electron chi connectivity index (χ4n) is 3.09. The number of esters is 1. The normalized spacial score (nSPS) is 11.1. The third-order valence-electron chi connectivity index (χ3n) is 4.67. The van der Waals surface area contributed by atoms with Crippen LogP contribution < -0.4 is 9.47 Å². The van der Waals surface area contributed by atoms with Crippen molar-refractivity contribution in [2.24, 2.45) is 4.99 Å². The molecule has 0 saturated carbocycles. The van der Waals surface area contributed by atoms with E-state index >= 15 is 0 Å². The lowest BCUT2D eigenvalue weighted by Gasteiger charge is -2.11. The van der Waals surface area contributed by atoms with Crippen molar-refractivity contribution >= 4 is 56.9 Å². The first-order valence-corrected chi connectivity index (χ1v) is 11.2. The molecular weight excluding hydrogens is 462 g/mol. The summed E-state index contributed by atoms with van der Waals surface area (Å²) in [7, 11) is 0. The number of carboxylic acid groups (broad SMARTS) is 1. The number of carbonyl (C=O) groups is 2. The van der Waals surface area contributed by atoms with E-state index in [0.717, 1.165) is 15.6 Å². The highest BCUT2D eigenvalue weighted by molar-refractivity contribution is 7.21. The van der Waals surface area contributed by atoms with Gasteiger partial charge in [-0.3, -0.25) is 4.99 Å². The predicted octanol–water partition coefficient (Wildman–Crippen LogP) is 6.62. The Balaban J connectivity index is 1.55. The van der Waals surface area contributed by atoms with Crippen LogP contribution in [0.4, 0.5) is 5.69 Å². The van der Waals surface area contributed by atoms with Crippen LogP contribution in [0, 0.1) is 0 Å². The van der Waals surface area contributed by atoms with Crippen LogP contribution in [-0.2, 0) is 0 Å². The summed E-state index contributed by atoms with van der Waals surface area (Å²) < 4.78 is 12.2. The summed E-state index contributed by atoms with van der Waals surface area (Å²) in [6.07, 6.45) is 1.62. The molecule has 6 nitrogen and oxygen atoms in total. The summed E-state index contributed by atoms with van der Waals surface area (Å²) in [5.74, 6) is -0.873. The third kappa shape index (κ3) is 5.05. The van der Waals surface area contributed by atoms with Crippen molar-refractivity contribution in [1.29, 1.82) is 0 Å². The Bertz CT molecular complexity index is 1360. The van der Waals surface area contributed by atoms with Crippen molar-refractivity contribution in [2.75, 3.05) is 6.61 Å². The lowest BCUT2D eigenvalue weighted by molar-refractivity contribution is 0.0694. The lowest BCUT2D eigenvalue weighted by atomic mass is 10.2. The van der Waals surface area contributed by atoms with Crippen molar-refractivity contribution in [3.05, 3.63) is 87.8 Å². The number of thiophene rings is 1. The molecule has 0 radical (unpaired) electrons. The number of hydrogen-bond acceptors (Lipinski definition) is 6. The maximum atomic E-state index is 12.8. The Morgan fingerprint density at radius 1 is 1.06 bits per heavy atom. The standard InChI is InChI=1S/C25H18ClNO5S/c1-2-31-20-13-15(14-27-17-10-8-16(9-11-17)24(28)29)7-12-19(20)32-25(30)23-22(26)18-5-3-4-6-21(18)33-23/h3-14H,2H2,1H3,(H,28,29). The van der Waals surface area contributed by atoms with E-state index in [2.05, 4.69) is 4.99 Å².